The maximum absolute atomic E-state index is 10.6. The fourth-order valence-corrected chi connectivity index (χ4v) is 3.18. The largest absolute Gasteiger partial charge is 0.390 e. The Kier molecular flexibility index (Phi) is 3.13. The van der Waals surface area contributed by atoms with Gasteiger partial charge in [0, 0.05) is 12.5 Å². The van der Waals surface area contributed by atoms with Crippen molar-refractivity contribution in [3.63, 3.8) is 0 Å². The van der Waals surface area contributed by atoms with Crippen LogP contribution in [0.2, 0.25) is 0 Å². The zero-order valence-electron chi connectivity index (χ0n) is 9.34. The molecule has 0 aromatic carbocycles. The molecule has 2 heteroatoms. The van der Waals surface area contributed by atoms with Crippen molar-refractivity contribution in [2.45, 2.75) is 50.5 Å². The predicted octanol–water partition coefficient (Wildman–Crippen LogP) is 2.02. The zero-order chi connectivity index (χ0) is 10.0. The second kappa shape index (κ2) is 4.19. The predicted molar refractivity (Wildman–Crippen MR) is 58.3 cm³/mol. The number of likely N-dealkylation sites (tertiary alicyclic amines) is 1. The highest BCUT2D eigenvalue weighted by Gasteiger charge is 2.38. The summed E-state index contributed by atoms with van der Waals surface area (Å²) in [6.45, 7) is 2.32. The molecule has 0 bridgehead atoms. The van der Waals surface area contributed by atoms with E-state index in [1.165, 1.54) is 38.6 Å². The first-order chi connectivity index (χ1) is 6.71. The van der Waals surface area contributed by atoms with Crippen LogP contribution < -0.4 is 0 Å². The van der Waals surface area contributed by atoms with Crippen LogP contribution >= 0.6 is 0 Å². The maximum Gasteiger partial charge on any atom is 0.0688 e. The Bertz CT molecular complexity index is 187. The van der Waals surface area contributed by atoms with E-state index in [2.05, 4.69) is 11.9 Å². The van der Waals surface area contributed by atoms with Gasteiger partial charge in [0.05, 0.1) is 5.60 Å². The molecule has 1 aliphatic carbocycles. The molecule has 2 nitrogen and oxygen atoms in total. The number of rotatable bonds is 1. The molecular weight excluding hydrogens is 174 g/mol. The first-order valence-electron chi connectivity index (χ1n) is 6.12. The van der Waals surface area contributed by atoms with Gasteiger partial charge >= 0.3 is 0 Å². The van der Waals surface area contributed by atoms with Crippen molar-refractivity contribution in [3.05, 3.63) is 0 Å². The third-order valence-electron chi connectivity index (χ3n) is 4.10. The Morgan fingerprint density at radius 2 is 1.86 bits per heavy atom. The standard InChI is InChI=1S/C12H23NO/c1-13-9-5-6-11(10-13)12(14)7-3-2-4-8-12/h11,14H,2-10H2,1H3. The first-order valence-corrected chi connectivity index (χ1v) is 6.12. The number of hydrogen-bond donors (Lipinski definition) is 1. The summed E-state index contributed by atoms with van der Waals surface area (Å²) in [5.74, 6) is 0.543. The van der Waals surface area contributed by atoms with E-state index in [1.807, 2.05) is 0 Å². The zero-order valence-corrected chi connectivity index (χ0v) is 9.34. The van der Waals surface area contributed by atoms with Crippen LogP contribution in [0.1, 0.15) is 44.9 Å². The van der Waals surface area contributed by atoms with E-state index in [9.17, 15) is 5.11 Å². The third kappa shape index (κ3) is 2.12. The van der Waals surface area contributed by atoms with Gasteiger partial charge in [0.15, 0.2) is 0 Å². The van der Waals surface area contributed by atoms with E-state index >= 15 is 0 Å². The Morgan fingerprint density at radius 1 is 1.14 bits per heavy atom. The van der Waals surface area contributed by atoms with Gasteiger partial charge in [-0.15, -0.1) is 0 Å². The van der Waals surface area contributed by atoms with E-state index in [-0.39, 0.29) is 5.60 Å². The van der Waals surface area contributed by atoms with Crippen molar-refractivity contribution >= 4 is 0 Å². The van der Waals surface area contributed by atoms with Crippen LogP contribution in [0.3, 0.4) is 0 Å². The van der Waals surface area contributed by atoms with Crippen molar-refractivity contribution in [1.82, 2.24) is 4.90 Å². The lowest BCUT2D eigenvalue weighted by molar-refractivity contribution is -0.0697. The summed E-state index contributed by atoms with van der Waals surface area (Å²) in [7, 11) is 2.18. The van der Waals surface area contributed by atoms with Gasteiger partial charge in [-0.2, -0.15) is 0 Å². The Balaban J connectivity index is 1.97. The van der Waals surface area contributed by atoms with Crippen LogP contribution in [-0.2, 0) is 0 Å². The summed E-state index contributed by atoms with van der Waals surface area (Å²) < 4.78 is 0. The molecule has 0 aromatic heterocycles. The molecule has 1 atom stereocenters. The number of piperidine rings is 1. The van der Waals surface area contributed by atoms with Crippen LogP contribution in [0.4, 0.5) is 0 Å². The summed E-state index contributed by atoms with van der Waals surface area (Å²) in [6, 6.07) is 0. The Morgan fingerprint density at radius 3 is 2.50 bits per heavy atom. The third-order valence-corrected chi connectivity index (χ3v) is 4.10. The highest BCUT2D eigenvalue weighted by Crippen LogP contribution is 2.38. The normalized spacial score (nSPS) is 34.3. The van der Waals surface area contributed by atoms with E-state index in [4.69, 9.17) is 0 Å². The number of aliphatic hydroxyl groups is 1. The molecule has 0 aromatic rings. The minimum Gasteiger partial charge on any atom is -0.390 e. The summed E-state index contributed by atoms with van der Waals surface area (Å²) in [5.41, 5.74) is -0.313. The van der Waals surface area contributed by atoms with Crippen LogP contribution in [0.25, 0.3) is 0 Å². The van der Waals surface area contributed by atoms with Gasteiger partial charge in [0.25, 0.3) is 0 Å². The topological polar surface area (TPSA) is 23.5 Å². The van der Waals surface area contributed by atoms with Crippen LogP contribution in [0.5, 0.6) is 0 Å². The monoisotopic (exact) mass is 197 g/mol. The molecule has 14 heavy (non-hydrogen) atoms. The van der Waals surface area contributed by atoms with Gasteiger partial charge in [-0.3, -0.25) is 0 Å². The molecule has 2 aliphatic rings. The molecule has 0 radical (unpaired) electrons. The van der Waals surface area contributed by atoms with Gasteiger partial charge in [0.1, 0.15) is 0 Å². The Hall–Kier alpha value is -0.0800. The lowest BCUT2D eigenvalue weighted by Crippen LogP contribution is -2.47. The van der Waals surface area contributed by atoms with Crippen molar-refractivity contribution < 1.29 is 5.11 Å². The number of hydrogen-bond acceptors (Lipinski definition) is 2. The molecule has 2 rings (SSSR count). The molecule has 2 fully saturated rings. The molecule has 1 heterocycles. The van der Waals surface area contributed by atoms with Crippen LogP contribution in [0.15, 0.2) is 0 Å². The minimum absolute atomic E-state index is 0.313. The Labute approximate surface area is 87.3 Å². The van der Waals surface area contributed by atoms with Crippen molar-refractivity contribution in [2.75, 3.05) is 20.1 Å². The van der Waals surface area contributed by atoms with Crippen LogP contribution in [-0.4, -0.2) is 35.7 Å². The summed E-state index contributed by atoms with van der Waals surface area (Å²) in [6.07, 6.45) is 8.39. The smallest absolute Gasteiger partial charge is 0.0688 e. The molecule has 0 spiro atoms. The minimum atomic E-state index is -0.313. The van der Waals surface area contributed by atoms with Crippen molar-refractivity contribution in [2.24, 2.45) is 5.92 Å². The molecule has 1 aliphatic heterocycles. The average molecular weight is 197 g/mol. The molecule has 1 unspecified atom stereocenters. The van der Waals surface area contributed by atoms with Gasteiger partial charge < -0.3 is 10.0 Å². The van der Waals surface area contributed by atoms with Crippen molar-refractivity contribution in [1.29, 1.82) is 0 Å². The molecular formula is C12H23NO. The quantitative estimate of drug-likeness (QED) is 0.695. The summed E-state index contributed by atoms with van der Waals surface area (Å²) >= 11 is 0. The molecule has 1 N–H and O–H groups in total. The molecule has 82 valence electrons. The second-order valence-corrected chi connectivity index (χ2v) is 5.27. The number of nitrogens with zero attached hydrogens (tertiary/aromatic N) is 1. The SMILES string of the molecule is CN1CCCC(C2(O)CCCCC2)C1. The average Bonchev–Trinajstić information content (AvgIpc) is 2.19. The highest BCUT2D eigenvalue weighted by atomic mass is 16.3. The van der Waals surface area contributed by atoms with Gasteiger partial charge in [-0.05, 0) is 39.3 Å². The van der Waals surface area contributed by atoms with Gasteiger partial charge in [0.2, 0.25) is 0 Å². The van der Waals surface area contributed by atoms with Crippen molar-refractivity contribution in [3.8, 4) is 0 Å². The lowest BCUT2D eigenvalue weighted by Gasteiger charge is -2.43. The maximum atomic E-state index is 10.6. The van der Waals surface area contributed by atoms with E-state index in [0.717, 1.165) is 19.4 Å². The molecule has 0 amide bonds. The fraction of sp³-hybridized carbons (Fsp3) is 1.00. The van der Waals surface area contributed by atoms with E-state index in [0.29, 0.717) is 5.92 Å². The van der Waals surface area contributed by atoms with Gasteiger partial charge in [-0.1, -0.05) is 19.3 Å². The molecule has 1 saturated carbocycles. The van der Waals surface area contributed by atoms with E-state index in [1.54, 1.807) is 0 Å². The molecule has 1 saturated heterocycles. The van der Waals surface area contributed by atoms with Gasteiger partial charge in [-0.25, -0.2) is 0 Å². The lowest BCUT2D eigenvalue weighted by atomic mass is 9.73. The first kappa shape index (κ1) is 10.4. The second-order valence-electron chi connectivity index (χ2n) is 5.27. The van der Waals surface area contributed by atoms with Crippen LogP contribution in [0, 0.1) is 5.92 Å². The van der Waals surface area contributed by atoms with E-state index < -0.39 is 0 Å². The summed E-state index contributed by atoms with van der Waals surface area (Å²) in [5, 5.41) is 10.6. The fourth-order valence-electron chi connectivity index (χ4n) is 3.18. The summed E-state index contributed by atoms with van der Waals surface area (Å²) in [4.78, 5) is 2.38. The highest BCUT2D eigenvalue weighted by molar-refractivity contribution is 4.91.